The molecular weight excluding hydrogens is 540 g/mol. The summed E-state index contributed by atoms with van der Waals surface area (Å²) in [6, 6.07) is 8.78. The van der Waals surface area contributed by atoms with Gasteiger partial charge in [-0.05, 0) is 30.3 Å². The number of nitro groups is 1. The van der Waals surface area contributed by atoms with Crippen molar-refractivity contribution in [2.75, 3.05) is 36.5 Å². The van der Waals surface area contributed by atoms with E-state index in [1.165, 1.54) is 24.3 Å². The average Bonchev–Trinajstić information content (AvgIpc) is 2.86. The Labute approximate surface area is 217 Å². The van der Waals surface area contributed by atoms with Gasteiger partial charge in [0.25, 0.3) is 11.6 Å². The van der Waals surface area contributed by atoms with Gasteiger partial charge in [-0.3, -0.25) is 14.9 Å². The number of hydrogen-bond donors (Lipinski definition) is 1. The Bertz CT molecular complexity index is 1350. The molecule has 0 bridgehead atoms. The number of benzene rings is 2. The lowest BCUT2D eigenvalue weighted by molar-refractivity contribution is -0.384. The minimum Gasteiger partial charge on any atom is -0.435 e. The molecule has 14 heteroatoms. The van der Waals surface area contributed by atoms with E-state index in [2.05, 4.69) is 10.3 Å². The average molecular weight is 557 g/mol. The van der Waals surface area contributed by atoms with Crippen LogP contribution in [0.2, 0.25) is 10.0 Å². The highest BCUT2D eigenvalue weighted by molar-refractivity contribution is 6.34. The molecule has 1 saturated heterocycles. The van der Waals surface area contributed by atoms with Crippen LogP contribution in [-0.2, 0) is 10.9 Å². The lowest BCUT2D eigenvalue weighted by Crippen LogP contribution is -2.36. The second-order valence-corrected chi connectivity index (χ2v) is 8.58. The van der Waals surface area contributed by atoms with Crippen LogP contribution in [0.5, 0.6) is 11.6 Å². The van der Waals surface area contributed by atoms with E-state index in [0.717, 1.165) is 12.1 Å². The van der Waals surface area contributed by atoms with Gasteiger partial charge in [-0.1, -0.05) is 23.2 Å². The largest absolute Gasteiger partial charge is 0.435 e. The smallest absolute Gasteiger partial charge is 0.417 e. The van der Waals surface area contributed by atoms with Crippen molar-refractivity contribution >= 4 is 46.2 Å². The molecule has 2 heterocycles. The number of alkyl halides is 3. The fourth-order valence-corrected chi connectivity index (χ4v) is 3.90. The maximum atomic E-state index is 13.0. The highest BCUT2D eigenvalue weighted by Gasteiger charge is 2.32. The summed E-state index contributed by atoms with van der Waals surface area (Å²) < 4.78 is 50.0. The van der Waals surface area contributed by atoms with Gasteiger partial charge in [-0.2, -0.15) is 13.2 Å². The van der Waals surface area contributed by atoms with Crippen molar-refractivity contribution in [1.29, 1.82) is 0 Å². The third kappa shape index (κ3) is 6.21. The number of halogens is 5. The van der Waals surface area contributed by atoms with E-state index in [-0.39, 0.29) is 32.9 Å². The van der Waals surface area contributed by atoms with Gasteiger partial charge in [0.05, 0.1) is 40.0 Å². The van der Waals surface area contributed by atoms with Crippen molar-refractivity contribution in [3.63, 3.8) is 0 Å². The summed E-state index contributed by atoms with van der Waals surface area (Å²) in [5.41, 5.74) is -0.605. The number of carbonyl (C=O) groups is 1. The summed E-state index contributed by atoms with van der Waals surface area (Å²) in [4.78, 5) is 28.9. The van der Waals surface area contributed by atoms with E-state index in [0.29, 0.717) is 43.9 Å². The summed E-state index contributed by atoms with van der Waals surface area (Å²) in [5, 5.41) is 13.4. The molecular formula is C23H17Cl2F3N4O5. The molecule has 0 unspecified atom stereocenters. The van der Waals surface area contributed by atoms with E-state index >= 15 is 0 Å². The van der Waals surface area contributed by atoms with Crippen LogP contribution in [-0.4, -0.2) is 42.1 Å². The molecule has 0 radical (unpaired) electrons. The zero-order valence-corrected chi connectivity index (χ0v) is 20.2. The van der Waals surface area contributed by atoms with E-state index in [1.54, 1.807) is 6.07 Å². The summed E-state index contributed by atoms with van der Waals surface area (Å²) >= 11 is 12.1. The number of ether oxygens (including phenoxy) is 2. The van der Waals surface area contributed by atoms with Crippen molar-refractivity contribution in [1.82, 2.24) is 4.98 Å². The number of carbonyl (C=O) groups excluding carboxylic acids is 1. The van der Waals surface area contributed by atoms with Crippen molar-refractivity contribution < 1.29 is 32.4 Å². The minimum absolute atomic E-state index is 0.0273. The van der Waals surface area contributed by atoms with E-state index in [4.69, 9.17) is 32.7 Å². The number of nitrogens with one attached hydrogen (secondary N) is 1. The molecule has 194 valence electrons. The molecule has 37 heavy (non-hydrogen) atoms. The highest BCUT2D eigenvalue weighted by Crippen LogP contribution is 2.39. The second kappa shape index (κ2) is 10.8. The Morgan fingerprint density at radius 1 is 1.11 bits per heavy atom. The summed E-state index contributed by atoms with van der Waals surface area (Å²) in [6.07, 6.45) is -4.00. The molecule has 0 spiro atoms. The zero-order valence-electron chi connectivity index (χ0n) is 18.7. The Morgan fingerprint density at radius 3 is 2.49 bits per heavy atom. The van der Waals surface area contributed by atoms with Crippen LogP contribution in [0.3, 0.4) is 0 Å². The number of nitro benzene ring substituents is 1. The Balaban J connectivity index is 1.64. The lowest BCUT2D eigenvalue weighted by Gasteiger charge is -2.30. The number of rotatable bonds is 6. The maximum absolute atomic E-state index is 13.0. The molecule has 1 amide bonds. The number of pyridine rings is 1. The quantitative estimate of drug-likeness (QED) is 0.284. The standard InChI is InChI=1S/C23H17Cl2F3N4O5/c24-17-3-2-15(32(34)35)11-16(17)21(33)30-14-1-4-20(19(10-14)31-5-7-36-8-6-31)37-22-18(25)9-13(12-29-22)23(26,27)28/h1-4,9-12H,5-8H2,(H,30,33). The number of amides is 1. The third-order valence-corrected chi connectivity index (χ3v) is 5.92. The van der Waals surface area contributed by atoms with Gasteiger partial charge in [-0.15, -0.1) is 0 Å². The molecule has 1 aromatic heterocycles. The number of nitrogens with zero attached hydrogens (tertiary/aromatic N) is 3. The Morgan fingerprint density at radius 2 is 1.84 bits per heavy atom. The first-order chi connectivity index (χ1) is 17.5. The number of anilines is 2. The molecule has 9 nitrogen and oxygen atoms in total. The fourth-order valence-electron chi connectivity index (χ4n) is 3.49. The van der Waals surface area contributed by atoms with Crippen LogP contribution < -0.4 is 15.0 Å². The lowest BCUT2D eigenvalue weighted by atomic mass is 10.1. The molecule has 0 aliphatic carbocycles. The van der Waals surface area contributed by atoms with Gasteiger partial charge >= 0.3 is 6.18 Å². The van der Waals surface area contributed by atoms with Gasteiger partial charge in [0.1, 0.15) is 5.02 Å². The first-order valence-electron chi connectivity index (χ1n) is 10.7. The van der Waals surface area contributed by atoms with Crippen LogP contribution in [0.15, 0.2) is 48.7 Å². The van der Waals surface area contributed by atoms with Gasteiger partial charge in [0.15, 0.2) is 5.75 Å². The molecule has 3 aromatic rings. The molecule has 2 aromatic carbocycles. The van der Waals surface area contributed by atoms with Gasteiger partial charge in [0.2, 0.25) is 5.88 Å². The first-order valence-corrected chi connectivity index (χ1v) is 11.4. The first kappa shape index (κ1) is 26.5. The van der Waals surface area contributed by atoms with Crippen molar-refractivity contribution in [3.8, 4) is 11.6 Å². The molecule has 1 aliphatic rings. The number of hydrogen-bond acceptors (Lipinski definition) is 7. The minimum atomic E-state index is -4.62. The molecule has 0 saturated carbocycles. The molecule has 1 aliphatic heterocycles. The van der Waals surface area contributed by atoms with Crippen LogP contribution in [0.1, 0.15) is 15.9 Å². The summed E-state index contributed by atoms with van der Waals surface area (Å²) in [7, 11) is 0. The maximum Gasteiger partial charge on any atom is 0.417 e. The molecule has 1 fully saturated rings. The SMILES string of the molecule is O=C(Nc1ccc(Oc2ncc(C(F)(F)F)cc2Cl)c(N2CCOCC2)c1)c1cc([N+](=O)[O-])ccc1Cl. The van der Waals surface area contributed by atoms with E-state index in [1.807, 2.05) is 4.90 Å². The van der Waals surface area contributed by atoms with Crippen molar-refractivity contribution in [2.24, 2.45) is 0 Å². The van der Waals surface area contributed by atoms with Gasteiger partial charge in [-0.25, -0.2) is 4.98 Å². The van der Waals surface area contributed by atoms with Gasteiger partial charge in [0, 0.05) is 37.1 Å². The third-order valence-electron chi connectivity index (χ3n) is 5.32. The number of aromatic nitrogens is 1. The monoisotopic (exact) mass is 556 g/mol. The van der Waals surface area contributed by atoms with Crippen LogP contribution >= 0.6 is 23.2 Å². The van der Waals surface area contributed by atoms with Crippen LogP contribution in [0, 0.1) is 10.1 Å². The fraction of sp³-hybridized carbons (Fsp3) is 0.217. The second-order valence-electron chi connectivity index (χ2n) is 7.77. The highest BCUT2D eigenvalue weighted by atomic mass is 35.5. The number of morpholine rings is 1. The molecule has 1 N–H and O–H groups in total. The van der Waals surface area contributed by atoms with Gasteiger partial charge < -0.3 is 19.7 Å². The summed E-state index contributed by atoms with van der Waals surface area (Å²) in [5.74, 6) is -0.686. The van der Waals surface area contributed by atoms with E-state index in [9.17, 15) is 28.1 Å². The number of non-ortho nitro benzene ring substituents is 1. The van der Waals surface area contributed by atoms with Crippen molar-refractivity contribution in [2.45, 2.75) is 6.18 Å². The predicted molar refractivity (Wildman–Crippen MR) is 130 cm³/mol. The zero-order chi connectivity index (χ0) is 26.7. The Hall–Kier alpha value is -3.61. The predicted octanol–water partition coefficient (Wildman–Crippen LogP) is 6.20. The van der Waals surface area contributed by atoms with Crippen LogP contribution in [0.4, 0.5) is 30.2 Å². The molecule has 0 atom stereocenters. The molecule has 4 rings (SSSR count). The van der Waals surface area contributed by atoms with E-state index < -0.39 is 22.6 Å². The summed E-state index contributed by atoms with van der Waals surface area (Å²) in [6.45, 7) is 1.77. The van der Waals surface area contributed by atoms with Crippen LogP contribution in [0.25, 0.3) is 0 Å². The topological polar surface area (TPSA) is 107 Å². The van der Waals surface area contributed by atoms with Crippen molar-refractivity contribution in [3.05, 3.63) is 79.9 Å². The Kier molecular flexibility index (Phi) is 7.71. The normalized spacial score (nSPS) is 13.8.